The summed E-state index contributed by atoms with van der Waals surface area (Å²) in [6.45, 7) is 0. The number of nitrogens with zero attached hydrogens (tertiary/aromatic N) is 3. The van der Waals surface area contributed by atoms with Gasteiger partial charge in [-0.3, -0.25) is 0 Å². The number of aromatic nitrogens is 1. The summed E-state index contributed by atoms with van der Waals surface area (Å²) in [5.41, 5.74) is 16.6. The molecule has 79 heavy (non-hydrogen) atoms. The minimum Gasteiger partial charge on any atom is -0.309 e. The van der Waals surface area contributed by atoms with Crippen molar-refractivity contribution in [2.24, 2.45) is 0 Å². The Labute approximate surface area is 457 Å². The molecule has 0 spiro atoms. The summed E-state index contributed by atoms with van der Waals surface area (Å²) in [4.78, 5) is 3.91. The number of para-hydroxylation sites is 4. The van der Waals surface area contributed by atoms with E-state index in [-0.39, 0.29) is 11.6 Å². The molecule has 0 bridgehead atoms. The molecule has 13 aromatic carbocycles. The van der Waals surface area contributed by atoms with Gasteiger partial charge in [-0.2, -0.15) is 0 Å². The lowest BCUT2D eigenvalue weighted by molar-refractivity contribution is 0.628. The van der Waals surface area contributed by atoms with Gasteiger partial charge < -0.3 is 14.4 Å². The molecule has 0 N–H and O–H groups in total. The van der Waals surface area contributed by atoms with E-state index in [0.717, 1.165) is 78.1 Å². The molecule has 3 nitrogen and oxygen atoms in total. The molecule has 0 saturated carbocycles. The highest BCUT2D eigenvalue weighted by Crippen LogP contribution is 2.46. The third-order valence-corrected chi connectivity index (χ3v) is 15.3. The summed E-state index contributed by atoms with van der Waals surface area (Å²) in [6, 6.07) is 101. The predicted molar refractivity (Wildman–Crippen MR) is 327 cm³/mol. The van der Waals surface area contributed by atoms with Gasteiger partial charge in [0.2, 0.25) is 0 Å². The van der Waals surface area contributed by atoms with Crippen LogP contribution in [0.1, 0.15) is 0 Å². The van der Waals surface area contributed by atoms with Gasteiger partial charge in [0.1, 0.15) is 11.6 Å². The minimum absolute atomic E-state index is 0.293. The molecule has 0 atom stereocenters. The summed E-state index contributed by atoms with van der Waals surface area (Å²) in [5, 5.41) is 7.10. The molecule has 5 heteroatoms. The molecule has 0 aliphatic carbocycles. The Hall–Kier alpha value is -10.4. The van der Waals surface area contributed by atoms with Crippen LogP contribution in [-0.4, -0.2) is 4.57 Å². The second-order valence-electron chi connectivity index (χ2n) is 19.9. The molecule has 1 heterocycles. The third-order valence-electron chi connectivity index (χ3n) is 15.3. The van der Waals surface area contributed by atoms with Crippen LogP contribution in [0.15, 0.2) is 297 Å². The molecule has 0 fully saturated rings. The van der Waals surface area contributed by atoms with Gasteiger partial charge in [0.15, 0.2) is 0 Å². The molecule has 374 valence electrons. The van der Waals surface area contributed by atoms with E-state index in [1.54, 1.807) is 12.1 Å². The molecule has 0 amide bonds. The third kappa shape index (κ3) is 8.46. The Morgan fingerprint density at radius 2 is 0.557 bits per heavy atom. The van der Waals surface area contributed by atoms with Gasteiger partial charge in [-0.15, -0.1) is 0 Å². The highest BCUT2D eigenvalue weighted by Gasteiger charge is 2.21. The monoisotopic (exact) mass is 1020 g/mol. The van der Waals surface area contributed by atoms with Crippen LogP contribution in [0.4, 0.5) is 42.9 Å². The first kappa shape index (κ1) is 47.1. The van der Waals surface area contributed by atoms with E-state index < -0.39 is 0 Å². The summed E-state index contributed by atoms with van der Waals surface area (Å²) in [7, 11) is 0. The summed E-state index contributed by atoms with van der Waals surface area (Å²) in [5.74, 6) is -0.586. The molecule has 14 rings (SSSR count). The highest BCUT2D eigenvalue weighted by atomic mass is 19.1. The largest absolute Gasteiger partial charge is 0.309 e. The second-order valence-corrected chi connectivity index (χ2v) is 19.9. The maximum atomic E-state index is 15.5. The zero-order chi connectivity index (χ0) is 52.8. The fraction of sp³-hybridized carbons (Fsp3) is 0. The maximum Gasteiger partial charge on any atom is 0.147 e. The molecular formula is C74H49F2N3. The molecule has 0 radical (unpaired) electrons. The summed E-state index contributed by atoms with van der Waals surface area (Å²) < 4.78 is 33.4. The van der Waals surface area contributed by atoms with Crippen molar-refractivity contribution in [3.8, 4) is 50.2 Å². The van der Waals surface area contributed by atoms with Crippen LogP contribution >= 0.6 is 0 Å². The Bertz CT molecular complexity index is 4290. The number of rotatable bonds is 11. The Kier molecular flexibility index (Phi) is 11.9. The zero-order valence-electron chi connectivity index (χ0n) is 42.9. The fourth-order valence-corrected chi connectivity index (χ4v) is 11.7. The van der Waals surface area contributed by atoms with E-state index in [1.807, 2.05) is 94.7 Å². The molecule has 0 saturated heterocycles. The van der Waals surface area contributed by atoms with E-state index in [4.69, 9.17) is 0 Å². The molecule has 0 aliphatic rings. The van der Waals surface area contributed by atoms with Crippen molar-refractivity contribution in [2.45, 2.75) is 0 Å². The molecule has 1 aromatic heterocycles. The number of hydrogen-bond acceptors (Lipinski definition) is 2. The second kappa shape index (κ2) is 20.0. The average molecular weight is 1020 g/mol. The Balaban J connectivity index is 0.895. The van der Waals surface area contributed by atoms with Crippen molar-refractivity contribution in [1.82, 2.24) is 4.57 Å². The van der Waals surface area contributed by atoms with Crippen LogP contribution in [0.5, 0.6) is 0 Å². The van der Waals surface area contributed by atoms with E-state index in [1.165, 1.54) is 50.4 Å². The van der Waals surface area contributed by atoms with E-state index in [9.17, 15) is 0 Å². The van der Waals surface area contributed by atoms with Gasteiger partial charge in [-0.05, 0) is 175 Å². The Morgan fingerprint density at radius 3 is 0.962 bits per heavy atom. The number of hydrogen-bond donors (Lipinski definition) is 0. The first-order valence-electron chi connectivity index (χ1n) is 26.6. The number of fused-ring (bicyclic) bond motifs is 5. The van der Waals surface area contributed by atoms with Crippen LogP contribution in [0, 0.1) is 11.6 Å². The Morgan fingerprint density at radius 1 is 0.241 bits per heavy atom. The number of anilines is 6. The first-order chi connectivity index (χ1) is 39.0. The van der Waals surface area contributed by atoms with Crippen LogP contribution in [0.2, 0.25) is 0 Å². The van der Waals surface area contributed by atoms with Crippen molar-refractivity contribution in [3.05, 3.63) is 309 Å². The topological polar surface area (TPSA) is 11.4 Å². The van der Waals surface area contributed by atoms with E-state index in [0.29, 0.717) is 11.4 Å². The fourth-order valence-electron chi connectivity index (χ4n) is 11.7. The van der Waals surface area contributed by atoms with Crippen molar-refractivity contribution in [1.29, 1.82) is 0 Å². The maximum absolute atomic E-state index is 15.5. The van der Waals surface area contributed by atoms with Gasteiger partial charge in [0.05, 0.1) is 22.4 Å². The minimum atomic E-state index is -0.293. The molecular weight excluding hydrogens is 969 g/mol. The van der Waals surface area contributed by atoms with Gasteiger partial charge >= 0.3 is 0 Å². The average Bonchev–Trinajstić information content (AvgIpc) is 4.06. The van der Waals surface area contributed by atoms with Crippen molar-refractivity contribution >= 4 is 77.5 Å². The molecule has 14 aromatic rings. The highest BCUT2D eigenvalue weighted by molar-refractivity contribution is 6.21. The van der Waals surface area contributed by atoms with Crippen molar-refractivity contribution < 1.29 is 8.78 Å². The van der Waals surface area contributed by atoms with Gasteiger partial charge in [0.25, 0.3) is 0 Å². The normalized spacial score (nSPS) is 11.4. The smallest absolute Gasteiger partial charge is 0.147 e. The lowest BCUT2D eigenvalue weighted by atomic mass is 9.86. The van der Waals surface area contributed by atoms with Crippen LogP contribution in [0.25, 0.3) is 93.5 Å². The number of benzene rings is 13. The van der Waals surface area contributed by atoms with Crippen molar-refractivity contribution in [2.75, 3.05) is 9.80 Å². The van der Waals surface area contributed by atoms with Crippen LogP contribution in [0.3, 0.4) is 0 Å². The van der Waals surface area contributed by atoms with E-state index in [2.05, 4.69) is 193 Å². The van der Waals surface area contributed by atoms with Crippen LogP contribution in [-0.2, 0) is 0 Å². The standard InChI is InChI=1S/C74H49F2N3/c75-67-28-14-16-30-71(67)77(56-20-6-2-7-21-56)58-40-32-50(33-41-58)54-38-46-69-65(48-54)66-49-55(51-34-42-59(43-35-51)78(57-22-8-3-9-23-57)72-31-17-15-29-68(72)76)39-47-70(66)79(69)60-44-36-53(37-45-60)74-63-26-12-10-24-61(63)73(52-18-4-1-5-19-52)62-25-11-13-27-64(62)74/h1-49H. The molecule has 0 unspecified atom stereocenters. The van der Waals surface area contributed by atoms with E-state index >= 15 is 8.78 Å². The van der Waals surface area contributed by atoms with Gasteiger partial charge in [0, 0.05) is 39.2 Å². The van der Waals surface area contributed by atoms with Gasteiger partial charge in [-0.1, -0.05) is 188 Å². The number of halogens is 2. The summed E-state index contributed by atoms with van der Waals surface area (Å²) in [6.07, 6.45) is 0. The van der Waals surface area contributed by atoms with Crippen LogP contribution < -0.4 is 9.80 Å². The zero-order valence-corrected chi connectivity index (χ0v) is 42.9. The predicted octanol–water partition coefficient (Wildman–Crippen LogP) is 21.0. The lowest BCUT2D eigenvalue weighted by Gasteiger charge is -2.26. The first-order valence-corrected chi connectivity index (χ1v) is 26.6. The van der Waals surface area contributed by atoms with Crippen molar-refractivity contribution in [3.63, 3.8) is 0 Å². The lowest BCUT2D eigenvalue weighted by Crippen LogP contribution is -2.11. The SMILES string of the molecule is Fc1ccccc1N(c1ccccc1)c1ccc(-c2ccc3c(c2)c2cc(-c4ccc(N(c5ccccc5)c5ccccc5F)cc4)ccc2n3-c2ccc(-c3c4ccccc4c(-c4ccccc4)c4ccccc34)cc2)cc1. The quantitative estimate of drug-likeness (QED) is 0.120. The van der Waals surface area contributed by atoms with Gasteiger partial charge in [-0.25, -0.2) is 8.78 Å². The molecule has 0 aliphatic heterocycles. The summed E-state index contributed by atoms with van der Waals surface area (Å²) >= 11 is 0.